The molecule has 0 saturated carbocycles. The van der Waals surface area contributed by atoms with Gasteiger partial charge in [0, 0.05) is 12.5 Å². The average Bonchev–Trinajstić information content (AvgIpc) is 3.33. The van der Waals surface area contributed by atoms with Gasteiger partial charge in [0.2, 0.25) is 0 Å². The summed E-state index contributed by atoms with van der Waals surface area (Å²) in [5.41, 5.74) is 1.69. The molecule has 2 saturated heterocycles. The molecule has 2 nitrogen and oxygen atoms in total. The molecule has 3 heteroatoms. The SMILES string of the molecule is C/C(=C\CCC#CC[Si](C)(C)C)CC[C@H]1O[C@]1(C)CC[C@H]1OC1(C)C. The van der Waals surface area contributed by atoms with Crippen molar-refractivity contribution in [3.05, 3.63) is 11.6 Å². The van der Waals surface area contributed by atoms with Crippen LogP contribution in [-0.4, -0.2) is 31.5 Å². The Morgan fingerprint density at radius 2 is 1.72 bits per heavy atom. The highest BCUT2D eigenvalue weighted by molar-refractivity contribution is 6.76. The smallest absolute Gasteiger partial charge is 0.0921 e. The Morgan fingerprint density at radius 3 is 2.32 bits per heavy atom. The molecule has 2 rings (SSSR count). The van der Waals surface area contributed by atoms with Crippen molar-refractivity contribution in [3.63, 3.8) is 0 Å². The van der Waals surface area contributed by atoms with E-state index in [0.29, 0.717) is 12.2 Å². The topological polar surface area (TPSA) is 25.1 Å². The molecule has 2 aliphatic rings. The molecule has 142 valence electrons. The van der Waals surface area contributed by atoms with Gasteiger partial charge in [-0.3, -0.25) is 0 Å². The number of hydrogen-bond acceptors (Lipinski definition) is 2. The molecule has 0 unspecified atom stereocenters. The van der Waals surface area contributed by atoms with Gasteiger partial charge in [-0.05, 0) is 59.8 Å². The normalized spacial score (nSPS) is 30.6. The number of unbranched alkanes of at least 4 members (excludes halogenated alkanes) is 1. The van der Waals surface area contributed by atoms with Crippen LogP contribution in [0.15, 0.2) is 11.6 Å². The zero-order valence-corrected chi connectivity index (χ0v) is 18.5. The van der Waals surface area contributed by atoms with Gasteiger partial charge in [0.1, 0.15) is 0 Å². The van der Waals surface area contributed by atoms with Crippen molar-refractivity contribution in [2.75, 3.05) is 0 Å². The predicted molar refractivity (Wildman–Crippen MR) is 110 cm³/mol. The quantitative estimate of drug-likeness (QED) is 0.166. The van der Waals surface area contributed by atoms with Gasteiger partial charge in [-0.1, -0.05) is 31.3 Å². The molecule has 2 heterocycles. The van der Waals surface area contributed by atoms with E-state index in [2.05, 4.69) is 65.3 Å². The molecule has 0 aromatic carbocycles. The van der Waals surface area contributed by atoms with Crippen LogP contribution in [0, 0.1) is 11.8 Å². The Kier molecular flexibility index (Phi) is 6.63. The first-order valence-corrected chi connectivity index (χ1v) is 13.7. The first-order valence-electron chi connectivity index (χ1n) is 9.99. The molecule has 0 spiro atoms. The molecule has 2 fully saturated rings. The second kappa shape index (κ2) is 7.99. The van der Waals surface area contributed by atoms with Crippen LogP contribution >= 0.6 is 0 Å². The fourth-order valence-corrected chi connectivity index (χ4v) is 3.95. The lowest BCUT2D eigenvalue weighted by molar-refractivity contribution is 0.274. The molecule has 25 heavy (non-hydrogen) atoms. The lowest BCUT2D eigenvalue weighted by atomic mass is 9.94. The first kappa shape index (κ1) is 20.7. The van der Waals surface area contributed by atoms with E-state index in [1.54, 1.807) is 0 Å². The summed E-state index contributed by atoms with van der Waals surface area (Å²) in [7, 11) is -1.00. The zero-order valence-electron chi connectivity index (χ0n) is 17.5. The van der Waals surface area contributed by atoms with Crippen molar-refractivity contribution in [1.29, 1.82) is 0 Å². The van der Waals surface area contributed by atoms with E-state index in [1.165, 1.54) is 5.57 Å². The Labute approximate surface area is 156 Å². The third-order valence-electron chi connectivity index (χ3n) is 5.41. The van der Waals surface area contributed by atoms with Crippen LogP contribution in [0.5, 0.6) is 0 Å². The van der Waals surface area contributed by atoms with Crippen LogP contribution in [0.4, 0.5) is 0 Å². The zero-order chi connectivity index (χ0) is 18.7. The van der Waals surface area contributed by atoms with Gasteiger partial charge in [-0.2, -0.15) is 0 Å². The largest absolute Gasteiger partial charge is 0.367 e. The van der Waals surface area contributed by atoms with E-state index in [0.717, 1.165) is 44.6 Å². The van der Waals surface area contributed by atoms with Crippen LogP contribution in [0.2, 0.25) is 25.7 Å². The minimum atomic E-state index is -1.00. The van der Waals surface area contributed by atoms with Crippen LogP contribution in [-0.2, 0) is 9.47 Å². The van der Waals surface area contributed by atoms with Gasteiger partial charge in [-0.25, -0.2) is 0 Å². The van der Waals surface area contributed by atoms with E-state index >= 15 is 0 Å². The van der Waals surface area contributed by atoms with Crippen molar-refractivity contribution >= 4 is 8.07 Å². The summed E-state index contributed by atoms with van der Waals surface area (Å²) in [5.74, 6) is 6.69. The third kappa shape index (κ3) is 7.29. The molecule has 0 amide bonds. The Hall–Kier alpha value is -0.563. The van der Waals surface area contributed by atoms with Crippen LogP contribution in [0.3, 0.4) is 0 Å². The molecule has 3 atom stereocenters. The Balaban J connectivity index is 1.57. The summed E-state index contributed by atoms with van der Waals surface area (Å²) in [6.45, 7) is 16.0. The highest BCUT2D eigenvalue weighted by Crippen LogP contribution is 2.47. The van der Waals surface area contributed by atoms with E-state index in [9.17, 15) is 0 Å². The summed E-state index contributed by atoms with van der Waals surface area (Å²) >= 11 is 0. The molecular weight excluding hydrogens is 324 g/mol. The Morgan fingerprint density at radius 1 is 1.04 bits per heavy atom. The molecule has 0 aromatic rings. The van der Waals surface area contributed by atoms with Crippen molar-refractivity contribution in [3.8, 4) is 11.8 Å². The molecule has 0 N–H and O–H groups in total. The van der Waals surface area contributed by atoms with Crippen LogP contribution in [0.25, 0.3) is 0 Å². The second-order valence-electron chi connectivity index (χ2n) is 9.89. The lowest BCUT2D eigenvalue weighted by Gasteiger charge is -2.09. The molecule has 0 radical (unpaired) electrons. The van der Waals surface area contributed by atoms with Gasteiger partial charge in [-0.15, -0.1) is 11.8 Å². The number of hydrogen-bond donors (Lipinski definition) is 0. The van der Waals surface area contributed by atoms with Gasteiger partial charge in [0.25, 0.3) is 0 Å². The number of ether oxygens (including phenoxy) is 2. The maximum absolute atomic E-state index is 5.99. The molecule has 0 aromatic heterocycles. The van der Waals surface area contributed by atoms with Crippen molar-refractivity contribution in [1.82, 2.24) is 0 Å². The van der Waals surface area contributed by atoms with E-state index in [-0.39, 0.29) is 11.2 Å². The summed E-state index contributed by atoms with van der Waals surface area (Å²) in [6.07, 6.45) is 9.88. The van der Waals surface area contributed by atoms with E-state index in [1.807, 2.05) is 0 Å². The van der Waals surface area contributed by atoms with E-state index in [4.69, 9.17) is 9.47 Å². The molecular formula is C22H38O2Si. The second-order valence-corrected chi connectivity index (χ2v) is 15.4. The monoisotopic (exact) mass is 362 g/mol. The molecule has 2 aliphatic heterocycles. The third-order valence-corrected chi connectivity index (χ3v) is 6.65. The number of epoxide rings is 2. The summed E-state index contributed by atoms with van der Waals surface area (Å²) in [4.78, 5) is 0. The molecule has 0 aliphatic carbocycles. The Bertz CT molecular complexity index is 547. The van der Waals surface area contributed by atoms with Gasteiger partial charge in [0.15, 0.2) is 0 Å². The van der Waals surface area contributed by atoms with Crippen molar-refractivity contribution < 1.29 is 9.47 Å². The number of rotatable bonds is 9. The van der Waals surface area contributed by atoms with Crippen LogP contribution < -0.4 is 0 Å². The number of allylic oxidation sites excluding steroid dienone is 2. The summed E-state index contributed by atoms with van der Waals surface area (Å²) in [6, 6.07) is 1.12. The predicted octanol–water partition coefficient (Wildman–Crippen LogP) is 5.95. The maximum atomic E-state index is 5.99. The van der Waals surface area contributed by atoms with Gasteiger partial charge in [0.05, 0.1) is 31.5 Å². The average molecular weight is 363 g/mol. The fraction of sp³-hybridized carbons (Fsp3) is 0.818. The highest BCUT2D eigenvalue weighted by atomic mass is 28.3. The van der Waals surface area contributed by atoms with Gasteiger partial charge >= 0.3 is 0 Å². The minimum Gasteiger partial charge on any atom is -0.367 e. The molecule has 0 bridgehead atoms. The van der Waals surface area contributed by atoms with Crippen molar-refractivity contribution in [2.24, 2.45) is 0 Å². The lowest BCUT2D eigenvalue weighted by Crippen LogP contribution is -2.17. The van der Waals surface area contributed by atoms with Crippen molar-refractivity contribution in [2.45, 2.75) is 115 Å². The highest BCUT2D eigenvalue weighted by Gasteiger charge is 2.54. The first-order chi connectivity index (χ1) is 11.5. The standard InChI is InChI=1S/C22H38O2Si/c1-18(12-10-8-9-11-17-25(5,6)7)13-14-20-22(4,24-20)16-15-19-21(2,3)23-19/h12,19-20H,8,10,13-17H2,1-7H3/b18-12+/t19-,20-,22-/m1/s1. The summed E-state index contributed by atoms with van der Waals surface area (Å²) in [5, 5.41) is 0. The fourth-order valence-electron chi connectivity index (χ4n) is 3.30. The maximum Gasteiger partial charge on any atom is 0.0921 e. The minimum absolute atomic E-state index is 0.102. The summed E-state index contributed by atoms with van der Waals surface area (Å²) < 4.78 is 11.7. The van der Waals surface area contributed by atoms with Gasteiger partial charge < -0.3 is 9.47 Å². The van der Waals surface area contributed by atoms with E-state index < -0.39 is 8.07 Å². The van der Waals surface area contributed by atoms with Crippen LogP contribution in [0.1, 0.15) is 66.2 Å².